The first-order valence-electron chi connectivity index (χ1n) is 15.3. The summed E-state index contributed by atoms with van der Waals surface area (Å²) in [4.78, 5) is 53.3. The van der Waals surface area contributed by atoms with E-state index >= 15 is 4.39 Å². The number of fused-ring (bicyclic) bond motifs is 2. The molecular formula is C35H29F2N7O3S. The average Bonchev–Trinajstić information content (AvgIpc) is 3.80. The fourth-order valence-electron chi connectivity index (χ4n) is 6.04. The number of ketones is 1. The molecule has 0 unspecified atom stereocenters. The molecule has 1 N–H and O–H groups in total. The molecule has 0 spiro atoms. The van der Waals surface area contributed by atoms with E-state index in [2.05, 4.69) is 25.4 Å². The van der Waals surface area contributed by atoms with Gasteiger partial charge in [-0.05, 0) is 53.9 Å². The van der Waals surface area contributed by atoms with Crippen LogP contribution in [0.25, 0.3) is 43.4 Å². The highest BCUT2D eigenvalue weighted by Gasteiger charge is 2.40. The standard InChI is InChI=1S/C35H29F2N7O3S/c1-19(45)34-27-10-22(24-14-38-20(2)39-15-24)4-7-30(27)44(42-34)17-33(46)43-16-25(36)12-31(43)35(47)40-13-21-3-6-26(28(37)9-21)23-5-8-32-29(11-23)41-18-48-32/h3-11,14-15,18,25,31H,12-13,16-17H2,1-2H3,(H,40,47)/t25-,31+/m1/s1. The molecule has 10 nitrogen and oxygen atoms in total. The van der Waals surface area contributed by atoms with E-state index in [1.54, 1.807) is 49.1 Å². The zero-order valence-electron chi connectivity index (χ0n) is 26.0. The van der Waals surface area contributed by atoms with Crippen molar-refractivity contribution < 1.29 is 23.2 Å². The van der Waals surface area contributed by atoms with Crippen molar-refractivity contribution in [1.29, 1.82) is 0 Å². The maximum Gasteiger partial charge on any atom is 0.245 e. The van der Waals surface area contributed by atoms with Crippen LogP contribution in [0.15, 0.2) is 72.5 Å². The van der Waals surface area contributed by atoms with E-state index in [-0.39, 0.29) is 37.5 Å². The van der Waals surface area contributed by atoms with Gasteiger partial charge in [-0.25, -0.2) is 23.7 Å². The van der Waals surface area contributed by atoms with Crippen molar-refractivity contribution in [2.75, 3.05) is 6.54 Å². The second-order valence-corrected chi connectivity index (χ2v) is 12.7. The minimum atomic E-state index is -1.39. The number of hydrogen-bond donors (Lipinski definition) is 1. The highest BCUT2D eigenvalue weighted by Crippen LogP contribution is 2.30. The number of alkyl halides is 1. The lowest BCUT2D eigenvalue weighted by Gasteiger charge is -2.24. The monoisotopic (exact) mass is 665 g/mol. The highest BCUT2D eigenvalue weighted by atomic mass is 32.1. The summed E-state index contributed by atoms with van der Waals surface area (Å²) in [5.74, 6) is -1.16. The fraction of sp³-hybridized carbons (Fsp3) is 0.229. The molecule has 7 rings (SSSR count). The number of nitrogens with zero attached hydrogens (tertiary/aromatic N) is 6. The third-order valence-corrected chi connectivity index (χ3v) is 9.31. The first kappa shape index (κ1) is 31.2. The number of aromatic nitrogens is 5. The lowest BCUT2D eigenvalue weighted by atomic mass is 10.0. The van der Waals surface area contributed by atoms with Crippen molar-refractivity contribution in [3.63, 3.8) is 0 Å². The van der Waals surface area contributed by atoms with Gasteiger partial charge in [-0.15, -0.1) is 11.3 Å². The molecule has 1 saturated heterocycles. The number of carbonyl (C=O) groups is 3. The van der Waals surface area contributed by atoms with Crippen LogP contribution in [0.4, 0.5) is 8.78 Å². The third-order valence-electron chi connectivity index (χ3n) is 8.50. The molecule has 4 heterocycles. The third kappa shape index (κ3) is 6.04. The van der Waals surface area contributed by atoms with Crippen LogP contribution < -0.4 is 5.32 Å². The molecule has 2 amide bonds. The van der Waals surface area contributed by atoms with Gasteiger partial charge in [-0.3, -0.25) is 19.1 Å². The number of likely N-dealkylation sites (tertiary alicyclic amines) is 1. The number of hydrogen-bond acceptors (Lipinski definition) is 8. The second-order valence-electron chi connectivity index (χ2n) is 11.8. The van der Waals surface area contributed by atoms with Crippen molar-refractivity contribution >= 4 is 50.1 Å². The van der Waals surface area contributed by atoms with Crippen LogP contribution in [0.2, 0.25) is 0 Å². The average molecular weight is 666 g/mol. The Balaban J connectivity index is 1.05. The number of aryl methyl sites for hydroxylation is 1. The largest absolute Gasteiger partial charge is 0.350 e. The van der Waals surface area contributed by atoms with E-state index in [1.807, 2.05) is 24.3 Å². The number of thiazole rings is 1. The number of nitrogens with one attached hydrogen (secondary N) is 1. The molecule has 13 heteroatoms. The molecule has 48 heavy (non-hydrogen) atoms. The summed E-state index contributed by atoms with van der Waals surface area (Å²) >= 11 is 1.51. The van der Waals surface area contributed by atoms with E-state index in [1.165, 1.54) is 33.9 Å². The molecule has 0 radical (unpaired) electrons. The first-order valence-corrected chi connectivity index (χ1v) is 16.2. The number of carbonyl (C=O) groups excluding carboxylic acids is 3. The quantitative estimate of drug-likeness (QED) is 0.208. The first-order chi connectivity index (χ1) is 23.1. The van der Waals surface area contributed by atoms with Crippen LogP contribution in [0, 0.1) is 12.7 Å². The topological polar surface area (TPSA) is 123 Å². The molecule has 0 aliphatic carbocycles. The zero-order valence-corrected chi connectivity index (χ0v) is 26.8. The normalized spacial score (nSPS) is 16.1. The van der Waals surface area contributed by atoms with Crippen LogP contribution >= 0.6 is 11.3 Å². The summed E-state index contributed by atoms with van der Waals surface area (Å²) < 4.78 is 32.2. The molecule has 1 aliphatic heterocycles. The van der Waals surface area contributed by atoms with E-state index in [9.17, 15) is 18.8 Å². The molecule has 242 valence electrons. The van der Waals surface area contributed by atoms with E-state index in [0.29, 0.717) is 33.4 Å². The predicted octanol–water partition coefficient (Wildman–Crippen LogP) is 5.68. The Labute approximate surface area is 277 Å². The van der Waals surface area contributed by atoms with Gasteiger partial charge >= 0.3 is 0 Å². The van der Waals surface area contributed by atoms with Crippen molar-refractivity contribution in [2.45, 2.75) is 45.6 Å². The van der Waals surface area contributed by atoms with E-state index < -0.39 is 29.8 Å². The maximum absolute atomic E-state index is 15.1. The molecule has 1 fully saturated rings. The van der Waals surface area contributed by atoms with Crippen LogP contribution in [0.3, 0.4) is 0 Å². The van der Waals surface area contributed by atoms with Gasteiger partial charge in [-0.1, -0.05) is 24.3 Å². The lowest BCUT2D eigenvalue weighted by molar-refractivity contribution is -0.139. The molecule has 1 aliphatic rings. The van der Waals surface area contributed by atoms with Gasteiger partial charge in [0, 0.05) is 48.8 Å². The van der Waals surface area contributed by atoms with Gasteiger partial charge < -0.3 is 10.2 Å². The fourth-order valence-corrected chi connectivity index (χ4v) is 6.70. The second kappa shape index (κ2) is 12.6. The van der Waals surface area contributed by atoms with Crippen LogP contribution in [-0.4, -0.2) is 66.0 Å². The van der Waals surface area contributed by atoms with Gasteiger partial charge in [0.25, 0.3) is 0 Å². The minimum absolute atomic E-state index is 0.00322. The van der Waals surface area contributed by atoms with Crippen molar-refractivity contribution in [1.82, 2.24) is 34.9 Å². The Morgan fingerprint density at radius 3 is 2.54 bits per heavy atom. The predicted molar refractivity (Wildman–Crippen MR) is 177 cm³/mol. The Morgan fingerprint density at radius 2 is 1.77 bits per heavy atom. The maximum atomic E-state index is 15.1. The van der Waals surface area contributed by atoms with Crippen molar-refractivity contribution in [3.05, 3.63) is 95.4 Å². The molecule has 2 atom stereocenters. The Hall–Kier alpha value is -5.43. The minimum Gasteiger partial charge on any atom is -0.350 e. The van der Waals surface area contributed by atoms with Crippen LogP contribution in [0.1, 0.15) is 35.2 Å². The van der Waals surface area contributed by atoms with Gasteiger partial charge in [0.05, 0.1) is 27.8 Å². The summed E-state index contributed by atoms with van der Waals surface area (Å²) in [6, 6.07) is 14.6. The highest BCUT2D eigenvalue weighted by molar-refractivity contribution is 7.16. The van der Waals surface area contributed by atoms with E-state index in [4.69, 9.17) is 0 Å². The van der Waals surface area contributed by atoms with Crippen LogP contribution in [0.5, 0.6) is 0 Å². The van der Waals surface area contributed by atoms with Crippen molar-refractivity contribution in [2.24, 2.45) is 0 Å². The Morgan fingerprint density at radius 1 is 0.979 bits per heavy atom. The number of rotatable bonds is 8. The molecule has 3 aromatic carbocycles. The number of benzene rings is 3. The summed E-state index contributed by atoms with van der Waals surface area (Å²) in [7, 11) is 0. The number of Topliss-reactive ketones (excluding diaryl/α,β-unsaturated/α-hetero) is 1. The molecule has 6 aromatic rings. The SMILES string of the molecule is CC(=O)c1nn(CC(=O)N2C[C@H](F)C[C@H]2C(=O)NCc2ccc(-c3ccc4scnc4c3)c(F)c2)c2ccc(-c3cnc(C)nc3)cc12. The summed E-state index contributed by atoms with van der Waals surface area (Å²) in [5.41, 5.74) is 6.41. The molecule has 0 bridgehead atoms. The van der Waals surface area contributed by atoms with Crippen LogP contribution in [-0.2, 0) is 22.7 Å². The number of halogens is 2. The van der Waals surface area contributed by atoms with E-state index in [0.717, 1.165) is 21.3 Å². The lowest BCUT2D eigenvalue weighted by Crippen LogP contribution is -2.46. The Bertz CT molecular complexity index is 2220. The summed E-state index contributed by atoms with van der Waals surface area (Å²) in [6.45, 7) is 2.63. The molecule has 3 aromatic heterocycles. The smallest absolute Gasteiger partial charge is 0.245 e. The van der Waals surface area contributed by atoms with Gasteiger partial charge in [0.15, 0.2) is 5.78 Å². The van der Waals surface area contributed by atoms with Crippen molar-refractivity contribution in [3.8, 4) is 22.3 Å². The number of amides is 2. The molecule has 0 saturated carbocycles. The van der Waals surface area contributed by atoms with Gasteiger partial charge in [-0.2, -0.15) is 5.10 Å². The van der Waals surface area contributed by atoms with Gasteiger partial charge in [0.1, 0.15) is 36.1 Å². The van der Waals surface area contributed by atoms with Gasteiger partial charge in [0.2, 0.25) is 11.8 Å². The Kier molecular flexibility index (Phi) is 8.21. The zero-order chi connectivity index (χ0) is 33.5. The summed E-state index contributed by atoms with van der Waals surface area (Å²) in [5, 5.41) is 7.71. The summed E-state index contributed by atoms with van der Waals surface area (Å²) in [6.07, 6.45) is 1.82. The molecular weight excluding hydrogens is 636 g/mol.